The molecule has 7 heteroatoms. The number of β-amino-alcohol motifs (C(OH)–C–C–N with tert-alkyl or cyclic N) is 1. The predicted molar refractivity (Wildman–Crippen MR) is 138 cm³/mol. The summed E-state index contributed by atoms with van der Waals surface area (Å²) in [5.74, 6) is 1.04. The van der Waals surface area contributed by atoms with E-state index in [1.807, 2.05) is 62.9 Å². The number of para-hydroxylation sites is 1. The zero-order valence-corrected chi connectivity index (χ0v) is 20.0. The Balaban J connectivity index is 1.19. The molecular formula is C28H31N5O2. The molecule has 1 N–H and O–H groups in total. The SMILES string of the molecule is C=C1c2ncn(-c3ccccc3)c2N=CN1CC1(O)CCN(C(=O)C[C@@H](C)c2ccccc2)CC1. The molecule has 2 aromatic carbocycles. The van der Waals surface area contributed by atoms with Crippen molar-refractivity contribution in [3.8, 4) is 5.69 Å². The summed E-state index contributed by atoms with van der Waals surface area (Å²) in [7, 11) is 0. The van der Waals surface area contributed by atoms with E-state index in [9.17, 15) is 9.90 Å². The van der Waals surface area contributed by atoms with Crippen molar-refractivity contribution in [3.05, 3.63) is 84.8 Å². The Morgan fingerprint density at radius 1 is 1.09 bits per heavy atom. The Labute approximate surface area is 206 Å². The zero-order valence-electron chi connectivity index (χ0n) is 20.0. The summed E-state index contributed by atoms with van der Waals surface area (Å²) >= 11 is 0. The van der Waals surface area contributed by atoms with E-state index in [2.05, 4.69) is 35.6 Å². The highest BCUT2D eigenvalue weighted by Gasteiger charge is 2.37. The fourth-order valence-corrected chi connectivity index (χ4v) is 4.85. The summed E-state index contributed by atoms with van der Waals surface area (Å²) in [6.45, 7) is 7.77. The number of aliphatic imine (C=N–C) groups is 1. The van der Waals surface area contributed by atoms with Gasteiger partial charge in [0.1, 0.15) is 12.0 Å². The molecule has 35 heavy (non-hydrogen) atoms. The van der Waals surface area contributed by atoms with Crippen LogP contribution in [-0.2, 0) is 4.79 Å². The molecule has 5 rings (SSSR count). The van der Waals surface area contributed by atoms with E-state index in [-0.39, 0.29) is 11.8 Å². The van der Waals surface area contributed by atoms with Crippen LogP contribution in [0.4, 0.5) is 5.82 Å². The van der Waals surface area contributed by atoms with Crippen molar-refractivity contribution in [2.45, 2.75) is 37.7 Å². The monoisotopic (exact) mass is 469 g/mol. The Hall–Kier alpha value is -3.71. The lowest BCUT2D eigenvalue weighted by Crippen LogP contribution is -2.51. The molecule has 0 radical (unpaired) electrons. The van der Waals surface area contributed by atoms with Crippen LogP contribution in [-0.4, -0.2) is 61.9 Å². The van der Waals surface area contributed by atoms with Gasteiger partial charge in [-0.25, -0.2) is 9.98 Å². The van der Waals surface area contributed by atoms with Gasteiger partial charge >= 0.3 is 0 Å². The number of amides is 1. The van der Waals surface area contributed by atoms with E-state index in [1.54, 1.807) is 12.7 Å². The molecule has 1 aromatic heterocycles. The molecular weight excluding hydrogens is 438 g/mol. The number of rotatable bonds is 6. The highest BCUT2D eigenvalue weighted by molar-refractivity contribution is 5.84. The first-order valence-corrected chi connectivity index (χ1v) is 12.1. The van der Waals surface area contributed by atoms with Crippen molar-refractivity contribution >= 4 is 23.8 Å². The highest BCUT2D eigenvalue weighted by atomic mass is 16.3. The number of imidazole rings is 1. The lowest BCUT2D eigenvalue weighted by atomic mass is 9.89. The fourth-order valence-electron chi connectivity index (χ4n) is 4.85. The maximum absolute atomic E-state index is 12.9. The van der Waals surface area contributed by atoms with E-state index >= 15 is 0 Å². The number of aliphatic hydroxyl groups is 1. The topological polar surface area (TPSA) is 74.0 Å². The van der Waals surface area contributed by atoms with E-state index < -0.39 is 5.60 Å². The van der Waals surface area contributed by atoms with Crippen LogP contribution in [0.5, 0.6) is 0 Å². The number of fused-ring (bicyclic) bond motifs is 1. The van der Waals surface area contributed by atoms with Gasteiger partial charge in [-0.3, -0.25) is 9.36 Å². The minimum Gasteiger partial charge on any atom is -0.388 e. The quantitative estimate of drug-likeness (QED) is 0.582. The summed E-state index contributed by atoms with van der Waals surface area (Å²) in [5.41, 5.74) is 2.66. The Bertz CT molecular complexity index is 1230. The van der Waals surface area contributed by atoms with Gasteiger partial charge in [0.05, 0.1) is 24.2 Å². The van der Waals surface area contributed by atoms with E-state index in [4.69, 9.17) is 0 Å². The van der Waals surface area contributed by atoms with E-state index in [0.29, 0.717) is 50.3 Å². The number of likely N-dealkylation sites (tertiary alicyclic amines) is 1. The summed E-state index contributed by atoms with van der Waals surface area (Å²) in [4.78, 5) is 25.8. The molecule has 1 fully saturated rings. The van der Waals surface area contributed by atoms with Crippen LogP contribution in [0.1, 0.15) is 43.4 Å². The number of nitrogens with zero attached hydrogens (tertiary/aromatic N) is 5. The van der Waals surface area contributed by atoms with Crippen molar-refractivity contribution in [1.82, 2.24) is 19.4 Å². The van der Waals surface area contributed by atoms with Gasteiger partial charge < -0.3 is 14.9 Å². The van der Waals surface area contributed by atoms with Gasteiger partial charge in [-0.1, -0.05) is 62.0 Å². The molecule has 0 unspecified atom stereocenters. The second-order valence-electron chi connectivity index (χ2n) is 9.56. The number of carbonyl (C=O) groups excluding carboxylic acids is 1. The molecule has 180 valence electrons. The Kier molecular flexibility index (Phi) is 6.26. The minimum atomic E-state index is -0.920. The average Bonchev–Trinajstić information content (AvgIpc) is 3.32. The maximum atomic E-state index is 12.9. The third kappa shape index (κ3) is 4.77. The van der Waals surface area contributed by atoms with Gasteiger partial charge in [-0.05, 0) is 36.5 Å². The number of piperidine rings is 1. The molecule has 0 bridgehead atoms. The summed E-state index contributed by atoms with van der Waals surface area (Å²) in [5, 5.41) is 11.3. The Morgan fingerprint density at radius 3 is 2.43 bits per heavy atom. The lowest BCUT2D eigenvalue weighted by Gasteiger charge is -2.41. The number of hydrogen-bond acceptors (Lipinski definition) is 5. The number of hydrogen-bond donors (Lipinski definition) is 1. The first-order chi connectivity index (χ1) is 16.9. The van der Waals surface area contributed by atoms with Gasteiger partial charge in [0, 0.05) is 25.2 Å². The second-order valence-corrected chi connectivity index (χ2v) is 9.56. The Morgan fingerprint density at radius 2 is 1.74 bits per heavy atom. The van der Waals surface area contributed by atoms with Crippen LogP contribution in [0, 0.1) is 0 Å². The molecule has 3 heterocycles. The average molecular weight is 470 g/mol. The van der Waals surface area contributed by atoms with E-state index in [1.165, 1.54) is 5.56 Å². The number of benzene rings is 2. The van der Waals surface area contributed by atoms with Crippen molar-refractivity contribution < 1.29 is 9.90 Å². The number of aromatic nitrogens is 2. The fraction of sp³-hybridized carbons (Fsp3) is 0.321. The third-order valence-corrected chi connectivity index (χ3v) is 7.08. The van der Waals surface area contributed by atoms with Crippen molar-refractivity contribution in [2.24, 2.45) is 4.99 Å². The second kappa shape index (κ2) is 9.50. The maximum Gasteiger partial charge on any atom is 0.223 e. The van der Waals surface area contributed by atoms with Gasteiger partial charge in [-0.2, -0.15) is 0 Å². The summed E-state index contributed by atoms with van der Waals surface area (Å²) in [6, 6.07) is 20.1. The molecule has 0 spiro atoms. The molecule has 3 aromatic rings. The molecule has 1 amide bonds. The van der Waals surface area contributed by atoms with Gasteiger partial charge in [0.25, 0.3) is 0 Å². The van der Waals surface area contributed by atoms with Crippen LogP contribution in [0.3, 0.4) is 0 Å². The van der Waals surface area contributed by atoms with Crippen LogP contribution >= 0.6 is 0 Å². The smallest absolute Gasteiger partial charge is 0.223 e. The van der Waals surface area contributed by atoms with Crippen LogP contribution in [0.25, 0.3) is 11.4 Å². The molecule has 2 aliphatic rings. The lowest BCUT2D eigenvalue weighted by molar-refractivity contribution is -0.135. The molecule has 0 aliphatic carbocycles. The molecule has 2 aliphatic heterocycles. The number of carbonyl (C=O) groups is 1. The molecule has 1 saturated heterocycles. The first-order valence-electron chi connectivity index (χ1n) is 12.1. The van der Waals surface area contributed by atoms with Crippen LogP contribution < -0.4 is 0 Å². The van der Waals surface area contributed by atoms with Gasteiger partial charge in [0.2, 0.25) is 5.91 Å². The largest absolute Gasteiger partial charge is 0.388 e. The van der Waals surface area contributed by atoms with Crippen molar-refractivity contribution in [3.63, 3.8) is 0 Å². The van der Waals surface area contributed by atoms with Gasteiger partial charge in [0.15, 0.2) is 5.82 Å². The summed E-state index contributed by atoms with van der Waals surface area (Å²) in [6.07, 6.45) is 4.98. The third-order valence-electron chi connectivity index (χ3n) is 7.08. The molecule has 0 saturated carbocycles. The summed E-state index contributed by atoms with van der Waals surface area (Å²) < 4.78 is 1.93. The molecule has 7 nitrogen and oxygen atoms in total. The van der Waals surface area contributed by atoms with E-state index in [0.717, 1.165) is 11.5 Å². The molecule has 1 atom stereocenters. The predicted octanol–water partition coefficient (Wildman–Crippen LogP) is 4.37. The first kappa shape index (κ1) is 23.1. The zero-order chi connectivity index (χ0) is 24.4. The normalized spacial score (nSPS) is 17.8. The van der Waals surface area contributed by atoms with Crippen LogP contribution in [0.15, 0.2) is 78.6 Å². The standard InChI is InChI=1S/C28H31N5O2/c1-21(23-9-5-3-6-10-23)17-25(34)31-15-13-28(35,14-16-31)18-32-19-30-27-26(22(32)2)29-20-33(27)24-11-7-4-8-12-24/h3-12,19-21,35H,2,13-18H2,1H3/t21-/m1/s1. The minimum absolute atomic E-state index is 0.142. The van der Waals surface area contributed by atoms with Crippen molar-refractivity contribution in [2.75, 3.05) is 19.6 Å². The van der Waals surface area contributed by atoms with Crippen molar-refractivity contribution in [1.29, 1.82) is 0 Å². The van der Waals surface area contributed by atoms with Gasteiger partial charge in [-0.15, -0.1) is 0 Å². The van der Waals surface area contributed by atoms with Crippen LogP contribution in [0.2, 0.25) is 0 Å². The highest BCUT2D eigenvalue weighted by Crippen LogP contribution is 2.34.